The third-order valence-electron chi connectivity index (χ3n) is 7.78. The van der Waals surface area contributed by atoms with Gasteiger partial charge in [-0.3, -0.25) is 4.79 Å². The average Bonchev–Trinajstić information content (AvgIpc) is 3.19. The molecular weight excluding hydrogens is 738 g/mol. The summed E-state index contributed by atoms with van der Waals surface area (Å²) >= 11 is 3.10. The molecule has 0 bridgehead atoms. The van der Waals surface area contributed by atoms with E-state index >= 15 is 0 Å². The molecule has 0 radical (unpaired) electrons. The minimum atomic E-state index is -1.53. The maximum Gasteiger partial charge on any atom is 0.338 e. The molecule has 0 aromatic heterocycles. The summed E-state index contributed by atoms with van der Waals surface area (Å²) in [5.74, 6) is -3.32. The molecule has 270 valence electrons. The van der Waals surface area contributed by atoms with Crippen LogP contribution < -0.4 is 5.32 Å². The molecule has 1 aliphatic heterocycles. The Kier molecular flexibility index (Phi) is 14.1. The normalized spacial score (nSPS) is 19.4. The number of hydrogen-bond acceptors (Lipinski definition) is 11. The predicted molar refractivity (Wildman–Crippen MR) is 190 cm³/mol. The molecule has 4 aromatic carbocycles. The van der Waals surface area contributed by atoms with E-state index in [1.165, 1.54) is 36.4 Å². The van der Waals surface area contributed by atoms with Gasteiger partial charge in [-0.25, -0.2) is 19.2 Å². The Bertz CT molecular complexity index is 1780. The number of esters is 4. The van der Waals surface area contributed by atoms with Gasteiger partial charge in [0.05, 0.1) is 34.2 Å². The molecule has 0 spiro atoms. The number of hydrogen-bond donors (Lipinski definition) is 1. The van der Waals surface area contributed by atoms with Gasteiger partial charge >= 0.3 is 23.9 Å². The van der Waals surface area contributed by atoms with Gasteiger partial charge in [-0.1, -0.05) is 88.7 Å². The first-order valence-corrected chi connectivity index (χ1v) is 17.6. The first-order valence-electron chi connectivity index (χ1n) is 16.4. The van der Waals surface area contributed by atoms with Crippen LogP contribution in [0, 0.1) is 0 Å². The second-order valence-corrected chi connectivity index (χ2v) is 12.0. The number of halogens is 1. The molecule has 0 saturated carbocycles. The molecule has 1 aliphatic rings. The maximum atomic E-state index is 13.7. The highest BCUT2D eigenvalue weighted by molar-refractivity contribution is 9.09. The Labute approximate surface area is 308 Å². The van der Waals surface area contributed by atoms with Crippen molar-refractivity contribution in [1.82, 2.24) is 5.32 Å². The van der Waals surface area contributed by atoms with Crippen LogP contribution in [0.2, 0.25) is 0 Å². The van der Waals surface area contributed by atoms with Crippen LogP contribution in [0.4, 0.5) is 0 Å². The number of carbonyl (C=O) groups is 5. The Morgan fingerprint density at radius 1 is 0.577 bits per heavy atom. The van der Waals surface area contributed by atoms with E-state index in [1.807, 2.05) is 0 Å². The van der Waals surface area contributed by atoms with Crippen LogP contribution in [-0.4, -0.2) is 85.6 Å². The van der Waals surface area contributed by atoms with Gasteiger partial charge in [0.25, 0.3) is 0 Å². The highest BCUT2D eigenvalue weighted by Gasteiger charge is 2.53. The van der Waals surface area contributed by atoms with Crippen LogP contribution in [0.5, 0.6) is 0 Å². The second kappa shape index (κ2) is 19.3. The van der Waals surface area contributed by atoms with Gasteiger partial charge in [-0.2, -0.15) is 0 Å². The quantitative estimate of drug-likeness (QED) is 0.0738. The highest BCUT2D eigenvalue weighted by atomic mass is 79.9. The van der Waals surface area contributed by atoms with E-state index in [2.05, 4.69) is 21.2 Å². The Morgan fingerprint density at radius 2 is 1.00 bits per heavy atom. The molecule has 4 aromatic rings. The summed E-state index contributed by atoms with van der Waals surface area (Å²) in [6, 6.07) is 32.5. The number of carbonyl (C=O) groups excluding carboxylic acids is 5. The van der Waals surface area contributed by atoms with E-state index in [9.17, 15) is 24.0 Å². The van der Waals surface area contributed by atoms with Crippen molar-refractivity contribution >= 4 is 45.7 Å². The van der Waals surface area contributed by atoms with Crippen molar-refractivity contribution in [2.45, 2.75) is 37.1 Å². The lowest BCUT2D eigenvalue weighted by molar-refractivity contribution is -0.298. The van der Waals surface area contributed by atoms with Crippen molar-refractivity contribution in [2.75, 3.05) is 25.1 Å². The number of benzene rings is 4. The van der Waals surface area contributed by atoms with E-state index in [0.29, 0.717) is 6.42 Å². The molecule has 52 heavy (non-hydrogen) atoms. The largest absolute Gasteiger partial charge is 0.459 e. The number of ether oxygens (including phenoxy) is 6. The monoisotopic (exact) mass is 773 g/mol. The topological polar surface area (TPSA) is 153 Å². The smallest absolute Gasteiger partial charge is 0.338 e. The SMILES string of the molecule is O=C(CBr)NCCCO[C@H]1O[C@H](COC(=O)c2ccccc2)[C@@H](OC(=O)c2ccccc2)[C@H](OC(=O)c2ccccc2)[C@@H]1OC(=O)c1ccccc1. The van der Waals surface area contributed by atoms with Gasteiger partial charge in [0.2, 0.25) is 5.91 Å². The summed E-state index contributed by atoms with van der Waals surface area (Å²) in [6.45, 7) is -0.217. The zero-order chi connectivity index (χ0) is 36.7. The van der Waals surface area contributed by atoms with Crippen LogP contribution in [-0.2, 0) is 33.2 Å². The van der Waals surface area contributed by atoms with Crippen LogP contribution in [0.3, 0.4) is 0 Å². The third-order valence-corrected chi connectivity index (χ3v) is 8.29. The first-order chi connectivity index (χ1) is 25.3. The highest BCUT2D eigenvalue weighted by Crippen LogP contribution is 2.32. The summed E-state index contributed by atoms with van der Waals surface area (Å²) in [5, 5.41) is 2.84. The summed E-state index contributed by atoms with van der Waals surface area (Å²) < 4.78 is 36.0. The molecule has 5 rings (SSSR count). The number of alkyl halides is 1. The van der Waals surface area contributed by atoms with E-state index < -0.39 is 61.2 Å². The fraction of sp³-hybridized carbons (Fsp3) is 0.256. The van der Waals surface area contributed by atoms with Gasteiger partial charge in [0.15, 0.2) is 24.6 Å². The summed E-state index contributed by atoms with van der Waals surface area (Å²) in [4.78, 5) is 65.6. The van der Waals surface area contributed by atoms with E-state index in [4.69, 9.17) is 28.4 Å². The Balaban J connectivity index is 1.51. The van der Waals surface area contributed by atoms with Gasteiger partial charge in [-0.05, 0) is 55.0 Å². The number of amides is 1. The molecule has 12 nitrogen and oxygen atoms in total. The molecular formula is C39H36BrNO11. The van der Waals surface area contributed by atoms with Gasteiger partial charge in [-0.15, -0.1) is 0 Å². The summed E-state index contributed by atoms with van der Waals surface area (Å²) in [6.07, 6.45) is -6.87. The van der Waals surface area contributed by atoms with Crippen LogP contribution in [0.25, 0.3) is 0 Å². The molecule has 1 amide bonds. The van der Waals surface area contributed by atoms with Crippen LogP contribution >= 0.6 is 15.9 Å². The van der Waals surface area contributed by atoms with Crippen molar-refractivity contribution in [3.8, 4) is 0 Å². The molecule has 0 unspecified atom stereocenters. The van der Waals surface area contributed by atoms with Gasteiger partial charge in [0, 0.05) is 6.54 Å². The Morgan fingerprint density at radius 3 is 1.46 bits per heavy atom. The molecule has 1 N–H and O–H groups in total. The molecule has 1 saturated heterocycles. The van der Waals surface area contributed by atoms with Crippen molar-refractivity contribution in [3.05, 3.63) is 144 Å². The standard InChI is InChI=1S/C39H36BrNO11/c40-24-31(42)41-22-13-23-47-39-34(52-38(46)29-20-11-4-12-21-29)33(51-37(45)28-18-9-3-10-19-28)32(50-36(44)27-16-7-2-8-17-27)30(49-39)25-48-35(43)26-14-5-1-6-15-26/h1-12,14-21,30,32-34,39H,13,22-25H2,(H,41,42)/t30-,32-,33+,34+,39+/m1/s1. The minimum Gasteiger partial charge on any atom is -0.459 e. The summed E-state index contributed by atoms with van der Waals surface area (Å²) in [5.41, 5.74) is 0.791. The lowest BCUT2D eigenvalue weighted by Crippen LogP contribution is -2.63. The predicted octanol–water partition coefficient (Wildman–Crippen LogP) is 5.16. The van der Waals surface area contributed by atoms with Crippen molar-refractivity contribution in [2.24, 2.45) is 0 Å². The zero-order valence-electron chi connectivity index (χ0n) is 27.8. The van der Waals surface area contributed by atoms with E-state index in [1.54, 1.807) is 84.9 Å². The fourth-order valence-corrected chi connectivity index (χ4v) is 5.41. The maximum absolute atomic E-state index is 13.7. The van der Waals surface area contributed by atoms with Crippen molar-refractivity contribution in [3.63, 3.8) is 0 Å². The summed E-state index contributed by atoms with van der Waals surface area (Å²) in [7, 11) is 0. The minimum absolute atomic E-state index is 0.00301. The Hall–Kier alpha value is -5.37. The molecule has 0 aliphatic carbocycles. The fourth-order valence-electron chi connectivity index (χ4n) is 5.21. The number of rotatable bonds is 15. The van der Waals surface area contributed by atoms with Crippen LogP contribution in [0.15, 0.2) is 121 Å². The lowest BCUT2D eigenvalue weighted by Gasteiger charge is -2.44. The third kappa shape index (κ3) is 10.6. The van der Waals surface area contributed by atoms with Crippen LogP contribution in [0.1, 0.15) is 47.9 Å². The van der Waals surface area contributed by atoms with Gasteiger partial charge in [0.1, 0.15) is 12.7 Å². The molecule has 1 heterocycles. The first kappa shape index (κ1) is 37.9. The van der Waals surface area contributed by atoms with Crippen molar-refractivity contribution in [1.29, 1.82) is 0 Å². The van der Waals surface area contributed by atoms with Gasteiger partial charge < -0.3 is 33.7 Å². The van der Waals surface area contributed by atoms with E-state index in [-0.39, 0.29) is 46.6 Å². The van der Waals surface area contributed by atoms with Crippen molar-refractivity contribution < 1.29 is 52.4 Å². The molecule has 13 heteroatoms. The zero-order valence-corrected chi connectivity index (χ0v) is 29.4. The van der Waals surface area contributed by atoms with E-state index in [0.717, 1.165) is 0 Å². The number of nitrogens with one attached hydrogen (secondary N) is 1. The second-order valence-electron chi connectivity index (χ2n) is 11.4. The molecule has 1 fully saturated rings. The average molecular weight is 775 g/mol. The molecule has 5 atom stereocenters. The lowest BCUT2D eigenvalue weighted by atomic mass is 9.97.